The molecule has 3 rings (SSSR count). The Bertz CT molecular complexity index is 652. The number of benzene rings is 2. The molecule has 0 aromatic heterocycles. The largest absolute Gasteiger partial charge is 0.283 e. The molecule has 0 unspecified atom stereocenters. The van der Waals surface area contributed by atoms with Crippen LogP contribution in [0.2, 0.25) is 0 Å². The van der Waals surface area contributed by atoms with Crippen LogP contribution in [-0.2, 0) is 12.8 Å². The van der Waals surface area contributed by atoms with Crippen LogP contribution in [0, 0.1) is 13.7 Å². The molecule has 0 amide bonds. The Balaban J connectivity index is 2.26. The zero-order chi connectivity index (χ0) is 12.7. The molecule has 4 heteroatoms. The lowest BCUT2D eigenvalue weighted by molar-refractivity contribution is -0.385. The number of halogens is 1. The van der Waals surface area contributed by atoms with Gasteiger partial charge in [-0.1, -0.05) is 24.3 Å². The van der Waals surface area contributed by atoms with Gasteiger partial charge in [-0.3, -0.25) is 10.1 Å². The van der Waals surface area contributed by atoms with Crippen LogP contribution < -0.4 is 0 Å². The molecule has 0 N–H and O–H groups in total. The van der Waals surface area contributed by atoms with Crippen LogP contribution in [0.25, 0.3) is 11.1 Å². The number of nitro groups is 1. The van der Waals surface area contributed by atoms with Crippen molar-refractivity contribution in [3.05, 3.63) is 61.2 Å². The number of hydrogen-bond acceptors (Lipinski definition) is 2. The Morgan fingerprint density at radius 1 is 1.06 bits per heavy atom. The van der Waals surface area contributed by atoms with Crippen LogP contribution in [0.1, 0.15) is 11.1 Å². The summed E-state index contributed by atoms with van der Waals surface area (Å²) in [6.45, 7) is 0. The van der Waals surface area contributed by atoms with Gasteiger partial charge in [-0.25, -0.2) is 0 Å². The van der Waals surface area contributed by atoms with Gasteiger partial charge < -0.3 is 0 Å². The Morgan fingerprint density at radius 2 is 1.78 bits per heavy atom. The van der Waals surface area contributed by atoms with E-state index in [1.165, 1.54) is 11.1 Å². The van der Waals surface area contributed by atoms with Gasteiger partial charge in [0.25, 0.3) is 5.69 Å². The van der Waals surface area contributed by atoms with Crippen LogP contribution in [0.5, 0.6) is 0 Å². The highest BCUT2D eigenvalue weighted by molar-refractivity contribution is 14.1. The topological polar surface area (TPSA) is 43.1 Å². The molecule has 0 heterocycles. The summed E-state index contributed by atoms with van der Waals surface area (Å²) < 4.78 is 0.718. The third-order valence-corrected chi connectivity index (χ3v) is 4.20. The number of hydrogen-bond donors (Lipinski definition) is 0. The minimum Gasteiger partial charge on any atom is -0.258 e. The standard InChI is InChI=1S/C14H10INO2/c15-13-7-10-6-5-9-3-1-2-4-11(9)12(10)8-14(13)16(17)18/h1-4,7-8H,5-6H2. The van der Waals surface area contributed by atoms with Gasteiger partial charge in [0.05, 0.1) is 8.49 Å². The monoisotopic (exact) mass is 351 g/mol. The first kappa shape index (κ1) is 11.6. The molecule has 3 nitrogen and oxygen atoms in total. The summed E-state index contributed by atoms with van der Waals surface area (Å²) in [6.07, 6.45) is 1.97. The van der Waals surface area contributed by atoms with Crippen molar-refractivity contribution in [2.24, 2.45) is 0 Å². The number of aryl methyl sites for hydroxylation is 2. The van der Waals surface area contributed by atoms with E-state index in [-0.39, 0.29) is 10.6 Å². The first-order valence-electron chi connectivity index (χ1n) is 5.72. The fourth-order valence-corrected chi connectivity index (χ4v) is 3.20. The van der Waals surface area contributed by atoms with Gasteiger partial charge in [-0.05, 0) is 63.8 Å². The molecule has 2 aromatic rings. The molecule has 0 spiro atoms. The van der Waals surface area contributed by atoms with Gasteiger partial charge in [0.15, 0.2) is 0 Å². The fourth-order valence-electron chi connectivity index (χ4n) is 2.47. The van der Waals surface area contributed by atoms with Gasteiger partial charge >= 0.3 is 0 Å². The fraction of sp³-hybridized carbons (Fsp3) is 0.143. The van der Waals surface area contributed by atoms with Gasteiger partial charge in [0, 0.05) is 6.07 Å². The maximum atomic E-state index is 11.0. The molecular formula is C14H10INO2. The van der Waals surface area contributed by atoms with Crippen LogP contribution >= 0.6 is 22.6 Å². The lowest BCUT2D eigenvalue weighted by atomic mass is 9.85. The summed E-state index contributed by atoms with van der Waals surface area (Å²) in [5, 5.41) is 11.0. The lowest BCUT2D eigenvalue weighted by Gasteiger charge is -2.19. The Morgan fingerprint density at radius 3 is 2.56 bits per heavy atom. The van der Waals surface area contributed by atoms with E-state index in [9.17, 15) is 10.1 Å². The second-order valence-electron chi connectivity index (χ2n) is 4.38. The summed E-state index contributed by atoms with van der Waals surface area (Å²) >= 11 is 2.04. The Labute approximate surface area is 118 Å². The number of nitrogens with zero attached hydrogens (tertiary/aromatic N) is 1. The van der Waals surface area contributed by atoms with E-state index in [0.29, 0.717) is 0 Å². The predicted molar refractivity (Wildman–Crippen MR) is 78.7 cm³/mol. The van der Waals surface area contributed by atoms with Crippen molar-refractivity contribution in [3.63, 3.8) is 0 Å². The smallest absolute Gasteiger partial charge is 0.258 e. The highest BCUT2D eigenvalue weighted by atomic mass is 127. The van der Waals surface area contributed by atoms with Crippen molar-refractivity contribution >= 4 is 28.3 Å². The van der Waals surface area contributed by atoms with Crippen LogP contribution in [0.4, 0.5) is 5.69 Å². The number of rotatable bonds is 1. The molecule has 0 bridgehead atoms. The third-order valence-electron chi connectivity index (χ3n) is 3.34. The number of fused-ring (bicyclic) bond motifs is 3. The first-order chi connectivity index (χ1) is 8.66. The van der Waals surface area contributed by atoms with E-state index < -0.39 is 0 Å². The molecule has 0 aliphatic heterocycles. The highest BCUT2D eigenvalue weighted by Crippen LogP contribution is 2.37. The molecule has 1 aliphatic carbocycles. The number of nitro benzene ring substituents is 1. The van der Waals surface area contributed by atoms with Crippen LogP contribution in [0.15, 0.2) is 36.4 Å². The Hall–Kier alpha value is -1.43. The van der Waals surface area contributed by atoms with Gasteiger partial charge in [-0.2, -0.15) is 0 Å². The second-order valence-corrected chi connectivity index (χ2v) is 5.54. The van der Waals surface area contributed by atoms with Gasteiger partial charge in [0.1, 0.15) is 0 Å². The average Bonchev–Trinajstić information content (AvgIpc) is 2.37. The SMILES string of the molecule is O=[N+]([O-])c1cc2c(cc1I)CCc1ccccc1-2. The molecule has 1 aliphatic rings. The molecule has 0 atom stereocenters. The Kier molecular flexibility index (Phi) is 2.81. The van der Waals surface area contributed by atoms with Crippen molar-refractivity contribution in [3.8, 4) is 11.1 Å². The maximum absolute atomic E-state index is 11.0. The second kappa shape index (κ2) is 4.35. The highest BCUT2D eigenvalue weighted by Gasteiger charge is 2.21. The van der Waals surface area contributed by atoms with Crippen molar-refractivity contribution in [2.45, 2.75) is 12.8 Å². The van der Waals surface area contributed by atoms with E-state index >= 15 is 0 Å². The first-order valence-corrected chi connectivity index (χ1v) is 6.80. The molecule has 2 aromatic carbocycles. The molecular weight excluding hydrogens is 341 g/mol. The minimum atomic E-state index is -0.306. The normalized spacial score (nSPS) is 12.7. The van der Waals surface area contributed by atoms with Crippen LogP contribution in [-0.4, -0.2) is 4.92 Å². The average molecular weight is 351 g/mol. The van der Waals surface area contributed by atoms with Crippen molar-refractivity contribution in [2.75, 3.05) is 0 Å². The summed E-state index contributed by atoms with van der Waals surface area (Å²) in [5.74, 6) is 0. The van der Waals surface area contributed by atoms with E-state index in [2.05, 4.69) is 6.07 Å². The lowest BCUT2D eigenvalue weighted by Crippen LogP contribution is -2.05. The summed E-state index contributed by atoms with van der Waals surface area (Å²) in [4.78, 5) is 10.7. The quantitative estimate of drug-likeness (QED) is 0.443. The molecule has 90 valence electrons. The summed E-state index contributed by atoms with van der Waals surface area (Å²) in [7, 11) is 0. The molecule has 18 heavy (non-hydrogen) atoms. The van der Waals surface area contributed by atoms with E-state index in [1.807, 2.05) is 46.9 Å². The summed E-state index contributed by atoms with van der Waals surface area (Å²) in [5.41, 5.74) is 4.84. The van der Waals surface area contributed by atoms with E-state index in [1.54, 1.807) is 6.07 Å². The zero-order valence-corrected chi connectivity index (χ0v) is 11.7. The minimum absolute atomic E-state index is 0.200. The van der Waals surface area contributed by atoms with Crippen molar-refractivity contribution in [1.82, 2.24) is 0 Å². The third kappa shape index (κ3) is 1.80. The van der Waals surface area contributed by atoms with Crippen molar-refractivity contribution < 1.29 is 4.92 Å². The van der Waals surface area contributed by atoms with Gasteiger partial charge in [0.2, 0.25) is 0 Å². The predicted octanol–water partition coefficient (Wildman–Crippen LogP) is 3.97. The van der Waals surface area contributed by atoms with Gasteiger partial charge in [-0.15, -0.1) is 0 Å². The van der Waals surface area contributed by atoms with Crippen molar-refractivity contribution in [1.29, 1.82) is 0 Å². The molecule has 0 saturated carbocycles. The van der Waals surface area contributed by atoms with E-state index in [4.69, 9.17) is 0 Å². The summed E-state index contributed by atoms with van der Waals surface area (Å²) in [6, 6.07) is 11.8. The van der Waals surface area contributed by atoms with Crippen LogP contribution in [0.3, 0.4) is 0 Å². The molecule has 0 radical (unpaired) electrons. The molecule has 0 saturated heterocycles. The zero-order valence-electron chi connectivity index (χ0n) is 9.52. The maximum Gasteiger partial charge on any atom is 0.283 e. The van der Waals surface area contributed by atoms with E-state index in [0.717, 1.165) is 27.5 Å². The molecule has 0 fully saturated rings.